The van der Waals surface area contributed by atoms with Crippen LogP contribution in [0.1, 0.15) is 30.4 Å². The average molecular weight is 221 g/mol. The summed E-state index contributed by atoms with van der Waals surface area (Å²) in [4.78, 5) is 19.3. The van der Waals surface area contributed by atoms with Crippen LogP contribution in [0, 0.1) is 12.8 Å². The maximum Gasteiger partial charge on any atom is 0.306 e. The van der Waals surface area contributed by atoms with Gasteiger partial charge in [0.1, 0.15) is 5.82 Å². The van der Waals surface area contributed by atoms with E-state index in [1.807, 2.05) is 13.0 Å². The number of piperidine rings is 1. The van der Waals surface area contributed by atoms with E-state index in [9.17, 15) is 4.79 Å². The van der Waals surface area contributed by atoms with Gasteiger partial charge in [-0.05, 0) is 32.4 Å². The molecule has 2 rings (SSSR count). The largest absolute Gasteiger partial charge is 0.481 e. The van der Waals surface area contributed by atoms with Crippen LogP contribution in [-0.4, -0.2) is 27.6 Å². The Kier molecular flexibility index (Phi) is 3.14. The van der Waals surface area contributed by atoms with E-state index >= 15 is 0 Å². The summed E-state index contributed by atoms with van der Waals surface area (Å²) in [5.41, 5.74) is 0.887. The van der Waals surface area contributed by atoms with Crippen LogP contribution in [0.5, 0.6) is 0 Å². The summed E-state index contributed by atoms with van der Waals surface area (Å²) in [5, 5.41) is 12.3. The molecule has 1 fully saturated rings. The van der Waals surface area contributed by atoms with Gasteiger partial charge in [0.2, 0.25) is 0 Å². The van der Waals surface area contributed by atoms with Gasteiger partial charge < -0.3 is 10.4 Å². The van der Waals surface area contributed by atoms with Crippen LogP contribution < -0.4 is 5.32 Å². The van der Waals surface area contributed by atoms with E-state index in [0.29, 0.717) is 12.8 Å². The normalized spacial score (nSPS) is 25.3. The zero-order valence-corrected chi connectivity index (χ0v) is 9.18. The maximum atomic E-state index is 10.9. The van der Waals surface area contributed by atoms with Crippen LogP contribution >= 0.6 is 0 Å². The molecule has 1 aliphatic heterocycles. The van der Waals surface area contributed by atoms with E-state index in [-0.39, 0.29) is 12.0 Å². The second-order valence-electron chi connectivity index (χ2n) is 4.09. The molecule has 0 aliphatic carbocycles. The van der Waals surface area contributed by atoms with Crippen molar-refractivity contribution in [2.24, 2.45) is 5.92 Å². The highest BCUT2D eigenvalue weighted by Crippen LogP contribution is 2.25. The molecule has 0 saturated carbocycles. The zero-order valence-electron chi connectivity index (χ0n) is 9.18. The number of aliphatic carboxylic acids is 1. The molecule has 2 atom stereocenters. The van der Waals surface area contributed by atoms with Crippen LogP contribution in [0.4, 0.5) is 0 Å². The van der Waals surface area contributed by atoms with Crippen molar-refractivity contribution in [3.05, 3.63) is 23.8 Å². The van der Waals surface area contributed by atoms with Crippen molar-refractivity contribution in [1.29, 1.82) is 0 Å². The van der Waals surface area contributed by atoms with Gasteiger partial charge in [-0.3, -0.25) is 4.79 Å². The van der Waals surface area contributed by atoms with Gasteiger partial charge in [0.05, 0.1) is 17.7 Å². The molecule has 0 bridgehead atoms. The van der Waals surface area contributed by atoms with Crippen molar-refractivity contribution in [3.63, 3.8) is 0 Å². The molecule has 0 radical (unpaired) electrons. The van der Waals surface area contributed by atoms with Crippen molar-refractivity contribution >= 4 is 5.97 Å². The third-order valence-corrected chi connectivity index (χ3v) is 2.91. The van der Waals surface area contributed by atoms with Crippen molar-refractivity contribution in [3.8, 4) is 0 Å². The number of hydrogen-bond donors (Lipinski definition) is 2. The van der Waals surface area contributed by atoms with E-state index in [1.165, 1.54) is 0 Å². The summed E-state index contributed by atoms with van der Waals surface area (Å²) in [6.45, 7) is 2.56. The Balaban J connectivity index is 2.12. The van der Waals surface area contributed by atoms with Crippen molar-refractivity contribution < 1.29 is 9.90 Å². The van der Waals surface area contributed by atoms with Crippen LogP contribution in [0.3, 0.4) is 0 Å². The van der Waals surface area contributed by atoms with Gasteiger partial charge >= 0.3 is 5.97 Å². The fraction of sp³-hybridized carbons (Fsp3) is 0.545. The smallest absolute Gasteiger partial charge is 0.306 e. The number of rotatable bonds is 2. The summed E-state index contributed by atoms with van der Waals surface area (Å²) >= 11 is 0. The third-order valence-electron chi connectivity index (χ3n) is 2.91. The minimum atomic E-state index is -0.711. The molecule has 1 aromatic rings. The van der Waals surface area contributed by atoms with Crippen molar-refractivity contribution in [2.45, 2.75) is 25.8 Å². The SMILES string of the molecule is Cc1nccc(C2CC(C(=O)O)CCN2)n1. The fourth-order valence-corrected chi connectivity index (χ4v) is 2.04. The fourth-order valence-electron chi connectivity index (χ4n) is 2.04. The minimum absolute atomic E-state index is 0.0385. The Morgan fingerprint density at radius 1 is 1.62 bits per heavy atom. The highest BCUT2D eigenvalue weighted by atomic mass is 16.4. The van der Waals surface area contributed by atoms with Gasteiger partial charge in [-0.15, -0.1) is 0 Å². The second kappa shape index (κ2) is 4.57. The van der Waals surface area contributed by atoms with Gasteiger partial charge in [-0.1, -0.05) is 0 Å². The lowest BCUT2D eigenvalue weighted by molar-refractivity contribution is -0.143. The Bertz CT molecular complexity index is 395. The number of carboxylic acids is 1. The summed E-state index contributed by atoms with van der Waals surface area (Å²) in [7, 11) is 0. The second-order valence-corrected chi connectivity index (χ2v) is 4.09. The summed E-state index contributed by atoms with van der Waals surface area (Å²) in [6, 6.07) is 1.88. The highest BCUT2D eigenvalue weighted by molar-refractivity contribution is 5.70. The van der Waals surface area contributed by atoms with Gasteiger partial charge in [0.25, 0.3) is 0 Å². The molecule has 2 N–H and O–H groups in total. The minimum Gasteiger partial charge on any atom is -0.481 e. The average Bonchev–Trinajstić information content (AvgIpc) is 2.29. The van der Waals surface area contributed by atoms with Crippen molar-refractivity contribution in [2.75, 3.05) is 6.54 Å². The van der Waals surface area contributed by atoms with E-state index in [1.54, 1.807) is 6.20 Å². The Labute approximate surface area is 93.9 Å². The predicted octanol–water partition coefficient (Wildman–Crippen LogP) is 0.910. The van der Waals surface area contributed by atoms with Crippen LogP contribution in [0.15, 0.2) is 12.3 Å². The first-order valence-corrected chi connectivity index (χ1v) is 5.42. The molecule has 2 unspecified atom stereocenters. The molecule has 1 saturated heterocycles. The van der Waals surface area contributed by atoms with E-state index in [0.717, 1.165) is 18.1 Å². The molecule has 86 valence electrons. The molecular formula is C11H15N3O2. The first kappa shape index (κ1) is 11.0. The summed E-state index contributed by atoms with van der Waals surface area (Å²) < 4.78 is 0. The van der Waals surface area contributed by atoms with E-state index in [2.05, 4.69) is 15.3 Å². The molecule has 0 spiro atoms. The number of nitrogens with one attached hydrogen (secondary N) is 1. The lowest BCUT2D eigenvalue weighted by Crippen LogP contribution is -2.35. The van der Waals surface area contributed by atoms with Crippen LogP contribution in [-0.2, 0) is 4.79 Å². The van der Waals surface area contributed by atoms with E-state index in [4.69, 9.17) is 5.11 Å². The lowest BCUT2D eigenvalue weighted by atomic mass is 9.91. The topological polar surface area (TPSA) is 75.1 Å². The predicted molar refractivity (Wildman–Crippen MR) is 57.9 cm³/mol. The lowest BCUT2D eigenvalue weighted by Gasteiger charge is -2.27. The molecule has 5 heteroatoms. The zero-order chi connectivity index (χ0) is 11.5. The Morgan fingerprint density at radius 2 is 2.44 bits per heavy atom. The number of carboxylic acid groups (broad SMARTS) is 1. The van der Waals surface area contributed by atoms with Gasteiger partial charge in [0, 0.05) is 6.20 Å². The monoisotopic (exact) mass is 221 g/mol. The number of carbonyl (C=O) groups is 1. The quantitative estimate of drug-likeness (QED) is 0.776. The van der Waals surface area contributed by atoms with Crippen LogP contribution in [0.2, 0.25) is 0 Å². The Hall–Kier alpha value is -1.49. The van der Waals surface area contributed by atoms with Gasteiger partial charge in [-0.2, -0.15) is 0 Å². The van der Waals surface area contributed by atoms with Crippen molar-refractivity contribution in [1.82, 2.24) is 15.3 Å². The Morgan fingerprint density at radius 3 is 3.12 bits per heavy atom. The highest BCUT2D eigenvalue weighted by Gasteiger charge is 2.28. The molecular weight excluding hydrogens is 206 g/mol. The first-order valence-electron chi connectivity index (χ1n) is 5.42. The van der Waals surface area contributed by atoms with E-state index < -0.39 is 5.97 Å². The third kappa shape index (κ3) is 2.36. The molecule has 0 amide bonds. The standard InChI is InChI=1S/C11H15N3O2/c1-7-12-5-3-9(14-7)10-6-8(11(15)16)2-4-13-10/h3,5,8,10,13H,2,4,6H2,1H3,(H,15,16). The summed E-state index contributed by atoms with van der Waals surface area (Å²) in [6.07, 6.45) is 3.01. The molecule has 1 aliphatic rings. The molecule has 5 nitrogen and oxygen atoms in total. The maximum absolute atomic E-state index is 10.9. The molecule has 2 heterocycles. The molecule has 0 aromatic carbocycles. The molecule has 1 aromatic heterocycles. The number of hydrogen-bond acceptors (Lipinski definition) is 4. The van der Waals surface area contributed by atoms with Gasteiger partial charge in [0.15, 0.2) is 0 Å². The summed E-state index contributed by atoms with van der Waals surface area (Å²) in [5.74, 6) is -0.254. The van der Waals surface area contributed by atoms with Crippen LogP contribution in [0.25, 0.3) is 0 Å². The number of aromatic nitrogens is 2. The van der Waals surface area contributed by atoms with Gasteiger partial charge in [-0.25, -0.2) is 9.97 Å². The number of nitrogens with zero attached hydrogens (tertiary/aromatic N) is 2. The first-order chi connectivity index (χ1) is 7.66. The molecule has 16 heavy (non-hydrogen) atoms. The number of aryl methyl sites for hydroxylation is 1.